The number of ether oxygens (including phenoxy) is 1. The Labute approximate surface area is 170 Å². The molecule has 7 heteroatoms. The molecule has 0 saturated carbocycles. The van der Waals surface area contributed by atoms with Gasteiger partial charge in [0.05, 0.1) is 12.0 Å². The summed E-state index contributed by atoms with van der Waals surface area (Å²) in [4.78, 5) is 26.4. The molecule has 2 aromatic rings. The van der Waals surface area contributed by atoms with Crippen LogP contribution in [0, 0.1) is 5.92 Å². The number of aliphatic hydroxyl groups is 1. The summed E-state index contributed by atoms with van der Waals surface area (Å²) in [5.74, 6) is -1.22. The second-order valence-electron chi connectivity index (χ2n) is 5.97. The molecule has 2 amide bonds. The molecular weight excluding hydrogens is 469 g/mol. The Kier molecular flexibility index (Phi) is 6.16. The molecule has 0 bridgehead atoms. The molecule has 1 aliphatic rings. The number of nitrogens with zero attached hydrogens (tertiary/aromatic N) is 1. The molecule has 1 aliphatic heterocycles. The number of carbonyl (C=O) groups excluding carboxylic acids is 2. The van der Waals surface area contributed by atoms with Gasteiger partial charge in [0.2, 0.25) is 5.91 Å². The van der Waals surface area contributed by atoms with Crippen molar-refractivity contribution in [3.63, 3.8) is 0 Å². The van der Waals surface area contributed by atoms with Crippen LogP contribution in [-0.4, -0.2) is 33.0 Å². The number of imide groups is 1. The number of rotatable bonds is 5. The molecule has 2 aromatic carbocycles. The Morgan fingerprint density at radius 2 is 1.88 bits per heavy atom. The van der Waals surface area contributed by atoms with E-state index in [4.69, 9.17) is 16.3 Å². The van der Waals surface area contributed by atoms with Crippen LogP contribution in [0.25, 0.3) is 0 Å². The lowest BCUT2D eigenvalue weighted by Gasteiger charge is -2.27. The van der Waals surface area contributed by atoms with Crippen molar-refractivity contribution in [3.8, 4) is 0 Å². The van der Waals surface area contributed by atoms with Crippen molar-refractivity contribution in [2.75, 3.05) is 11.0 Å². The average Bonchev–Trinajstić information content (AvgIpc) is 3.05. The number of hydrogen-bond donors (Lipinski definition) is 1. The van der Waals surface area contributed by atoms with Gasteiger partial charge in [0, 0.05) is 9.45 Å². The van der Waals surface area contributed by atoms with Gasteiger partial charge >= 0.3 is 6.09 Å². The van der Waals surface area contributed by atoms with Crippen molar-refractivity contribution in [1.82, 2.24) is 4.90 Å². The largest absolute Gasteiger partial charge is 0.446 e. The highest BCUT2D eigenvalue weighted by atomic mass is 127. The third-order valence-electron chi connectivity index (χ3n) is 4.37. The SMILES string of the molecule is O=C1OC[C@H](c2ccccc2)N1C(=O)[C@H](CI)[C@H](O)c1ccc(Cl)cc1. The molecule has 1 heterocycles. The number of carbonyl (C=O) groups is 2. The zero-order valence-corrected chi connectivity index (χ0v) is 16.6. The number of halogens is 2. The first-order chi connectivity index (χ1) is 12.5. The summed E-state index contributed by atoms with van der Waals surface area (Å²) < 4.78 is 5.47. The molecule has 26 heavy (non-hydrogen) atoms. The highest BCUT2D eigenvalue weighted by molar-refractivity contribution is 14.1. The highest BCUT2D eigenvalue weighted by Crippen LogP contribution is 2.33. The lowest BCUT2D eigenvalue weighted by Crippen LogP contribution is -2.41. The van der Waals surface area contributed by atoms with Gasteiger partial charge in [-0.25, -0.2) is 9.69 Å². The second-order valence-corrected chi connectivity index (χ2v) is 7.29. The number of cyclic esters (lactones) is 1. The predicted molar refractivity (Wildman–Crippen MR) is 106 cm³/mol. The Morgan fingerprint density at radius 1 is 1.23 bits per heavy atom. The first kappa shape index (κ1) is 19.1. The van der Waals surface area contributed by atoms with E-state index in [2.05, 4.69) is 0 Å². The molecule has 136 valence electrons. The minimum atomic E-state index is -1.04. The van der Waals surface area contributed by atoms with Crippen LogP contribution in [0.5, 0.6) is 0 Å². The monoisotopic (exact) mass is 485 g/mol. The second kappa shape index (κ2) is 8.37. The van der Waals surface area contributed by atoms with Crippen molar-refractivity contribution in [2.45, 2.75) is 12.1 Å². The maximum Gasteiger partial charge on any atom is 0.417 e. The fourth-order valence-corrected chi connectivity index (χ4v) is 3.93. The standard InChI is InChI=1S/C19H17ClINO4/c20-14-8-6-13(7-9-14)17(23)15(10-21)18(24)22-16(11-26-19(22)25)12-4-2-1-3-5-12/h1-9,15-17,23H,10-11H2/t15-,16-,17-/m1/s1. The summed E-state index contributed by atoms with van der Waals surface area (Å²) in [5.41, 5.74) is 1.40. The summed E-state index contributed by atoms with van der Waals surface area (Å²) in [6.45, 7) is 0.111. The summed E-state index contributed by atoms with van der Waals surface area (Å²) in [5, 5.41) is 11.2. The molecule has 0 radical (unpaired) electrons. The normalized spacial score (nSPS) is 19.1. The maximum absolute atomic E-state index is 13.1. The van der Waals surface area contributed by atoms with Crippen LogP contribution in [0.1, 0.15) is 23.3 Å². The van der Waals surface area contributed by atoms with Gasteiger partial charge in [0.1, 0.15) is 12.6 Å². The zero-order valence-electron chi connectivity index (χ0n) is 13.7. The minimum Gasteiger partial charge on any atom is -0.446 e. The number of benzene rings is 2. The number of amides is 2. The van der Waals surface area contributed by atoms with Crippen LogP contribution in [0.15, 0.2) is 54.6 Å². The van der Waals surface area contributed by atoms with Crippen molar-refractivity contribution in [3.05, 3.63) is 70.7 Å². The van der Waals surface area contributed by atoms with E-state index in [0.29, 0.717) is 15.0 Å². The lowest BCUT2D eigenvalue weighted by atomic mass is 9.95. The van der Waals surface area contributed by atoms with E-state index in [1.165, 1.54) is 0 Å². The van der Waals surface area contributed by atoms with Gasteiger partial charge in [-0.15, -0.1) is 0 Å². The molecule has 0 aromatic heterocycles. The Balaban J connectivity index is 1.86. The van der Waals surface area contributed by atoms with E-state index in [1.54, 1.807) is 24.3 Å². The summed E-state index contributed by atoms with van der Waals surface area (Å²) in [6, 6.07) is 15.4. The summed E-state index contributed by atoms with van der Waals surface area (Å²) in [7, 11) is 0. The number of alkyl halides is 1. The van der Waals surface area contributed by atoms with Crippen LogP contribution in [0.3, 0.4) is 0 Å². The molecular formula is C19H17ClINO4. The molecule has 0 spiro atoms. The molecule has 5 nitrogen and oxygen atoms in total. The van der Waals surface area contributed by atoms with Crippen LogP contribution >= 0.6 is 34.2 Å². The van der Waals surface area contributed by atoms with E-state index in [0.717, 1.165) is 10.5 Å². The van der Waals surface area contributed by atoms with Gasteiger partial charge < -0.3 is 9.84 Å². The van der Waals surface area contributed by atoms with Crippen LogP contribution < -0.4 is 0 Å². The molecule has 0 unspecified atom stereocenters. The average molecular weight is 486 g/mol. The smallest absolute Gasteiger partial charge is 0.417 e. The van der Waals surface area contributed by atoms with Crippen molar-refractivity contribution < 1.29 is 19.4 Å². The van der Waals surface area contributed by atoms with E-state index in [1.807, 2.05) is 52.9 Å². The fourth-order valence-electron chi connectivity index (χ4n) is 2.94. The first-order valence-electron chi connectivity index (χ1n) is 8.07. The van der Waals surface area contributed by atoms with Crippen LogP contribution in [0.2, 0.25) is 5.02 Å². The number of aliphatic hydroxyl groups excluding tert-OH is 1. The molecule has 1 saturated heterocycles. The minimum absolute atomic E-state index is 0.111. The highest BCUT2D eigenvalue weighted by Gasteiger charge is 2.43. The van der Waals surface area contributed by atoms with Gasteiger partial charge in [-0.1, -0.05) is 76.7 Å². The molecule has 0 aliphatic carbocycles. The quantitative estimate of drug-likeness (QED) is 0.511. The Morgan fingerprint density at radius 3 is 2.50 bits per heavy atom. The van der Waals surface area contributed by atoms with Gasteiger partial charge in [-0.3, -0.25) is 4.79 Å². The molecule has 3 atom stereocenters. The molecule has 1 fully saturated rings. The Hall–Kier alpha value is -1.64. The zero-order chi connectivity index (χ0) is 18.7. The van der Waals surface area contributed by atoms with Gasteiger partial charge in [-0.05, 0) is 23.3 Å². The third kappa shape index (κ3) is 3.87. The van der Waals surface area contributed by atoms with Crippen molar-refractivity contribution in [1.29, 1.82) is 0 Å². The summed E-state index contributed by atoms with van der Waals surface area (Å²) in [6.07, 6.45) is -1.72. The lowest BCUT2D eigenvalue weighted by molar-refractivity contribution is -0.136. The van der Waals surface area contributed by atoms with E-state index >= 15 is 0 Å². The maximum atomic E-state index is 13.1. The first-order valence-corrected chi connectivity index (χ1v) is 9.97. The molecule has 3 rings (SSSR count). The topological polar surface area (TPSA) is 66.8 Å². The van der Waals surface area contributed by atoms with E-state index in [-0.39, 0.29) is 6.61 Å². The fraction of sp³-hybridized carbons (Fsp3) is 0.263. The van der Waals surface area contributed by atoms with Crippen molar-refractivity contribution in [2.24, 2.45) is 5.92 Å². The van der Waals surface area contributed by atoms with E-state index < -0.39 is 30.1 Å². The predicted octanol–water partition coefficient (Wildman–Crippen LogP) is 4.14. The van der Waals surface area contributed by atoms with Gasteiger partial charge in [0.25, 0.3) is 0 Å². The third-order valence-corrected chi connectivity index (χ3v) is 5.57. The Bertz CT molecular complexity index is 784. The van der Waals surface area contributed by atoms with Crippen LogP contribution in [0.4, 0.5) is 4.79 Å². The number of hydrogen-bond acceptors (Lipinski definition) is 4. The van der Waals surface area contributed by atoms with Gasteiger partial charge in [0.15, 0.2) is 0 Å². The van der Waals surface area contributed by atoms with E-state index in [9.17, 15) is 14.7 Å². The van der Waals surface area contributed by atoms with Crippen molar-refractivity contribution >= 4 is 46.2 Å². The molecule has 1 N–H and O–H groups in total. The van der Waals surface area contributed by atoms with Crippen LogP contribution in [-0.2, 0) is 9.53 Å². The summed E-state index contributed by atoms with van der Waals surface area (Å²) >= 11 is 7.93. The van der Waals surface area contributed by atoms with Gasteiger partial charge in [-0.2, -0.15) is 0 Å².